The van der Waals surface area contributed by atoms with E-state index in [4.69, 9.17) is 22.1 Å². The van der Waals surface area contributed by atoms with Gasteiger partial charge in [-0.05, 0) is 12.1 Å². The second-order valence-corrected chi connectivity index (χ2v) is 5.61. The highest BCUT2D eigenvalue weighted by Gasteiger charge is 2.40. The van der Waals surface area contributed by atoms with Crippen molar-refractivity contribution in [1.29, 1.82) is 0 Å². The van der Waals surface area contributed by atoms with Gasteiger partial charge in [-0.1, -0.05) is 18.2 Å². The lowest BCUT2D eigenvalue weighted by Gasteiger charge is -2.41. The number of carbonyl (C=O) groups is 1. The van der Waals surface area contributed by atoms with Gasteiger partial charge in [0, 0.05) is 32.2 Å². The van der Waals surface area contributed by atoms with Crippen LogP contribution >= 0.6 is 11.6 Å². The molecule has 1 heterocycles. The average Bonchev–Trinajstić information content (AvgIpc) is 2.49. The predicted octanol–water partition coefficient (Wildman–Crippen LogP) is 0.687. The maximum atomic E-state index is 12.0. The summed E-state index contributed by atoms with van der Waals surface area (Å²) in [6.07, 6.45) is 0.413. The number of rotatable bonds is 4. The van der Waals surface area contributed by atoms with Crippen LogP contribution in [0.3, 0.4) is 0 Å². The van der Waals surface area contributed by atoms with Crippen molar-refractivity contribution in [3.63, 3.8) is 0 Å². The molecule has 1 saturated heterocycles. The molecule has 2 rings (SSSR count). The number of alkyl halides is 1. The summed E-state index contributed by atoms with van der Waals surface area (Å²) < 4.78 is 5.26. The molecule has 1 fully saturated rings. The fraction of sp³-hybridized carbons (Fsp3) is 0.500. The van der Waals surface area contributed by atoms with Gasteiger partial charge in [0.25, 0.3) is 5.91 Å². The van der Waals surface area contributed by atoms with Crippen molar-refractivity contribution in [2.75, 3.05) is 20.2 Å². The Hall–Kier alpha value is -1.14. The highest BCUT2D eigenvalue weighted by atomic mass is 35.5. The summed E-state index contributed by atoms with van der Waals surface area (Å²) in [4.78, 5) is 12.0. The van der Waals surface area contributed by atoms with E-state index in [2.05, 4.69) is 10.6 Å². The van der Waals surface area contributed by atoms with Crippen LogP contribution < -0.4 is 16.4 Å². The van der Waals surface area contributed by atoms with Crippen LogP contribution in [0.5, 0.6) is 0 Å². The number of ether oxygens (including phenoxy) is 1. The molecule has 0 aliphatic carbocycles. The number of methoxy groups -OCH3 is 1. The third kappa shape index (κ3) is 3.49. The summed E-state index contributed by atoms with van der Waals surface area (Å²) in [5.41, 5.74) is 6.26. The molecule has 0 aromatic heterocycles. The van der Waals surface area contributed by atoms with Crippen LogP contribution in [0.4, 0.5) is 0 Å². The van der Waals surface area contributed by atoms with Crippen LogP contribution in [-0.2, 0) is 4.74 Å². The van der Waals surface area contributed by atoms with Crippen molar-refractivity contribution in [1.82, 2.24) is 10.6 Å². The van der Waals surface area contributed by atoms with Crippen LogP contribution in [0.1, 0.15) is 16.8 Å². The summed E-state index contributed by atoms with van der Waals surface area (Å²) in [5.74, 6) is -0.146. The van der Waals surface area contributed by atoms with E-state index in [0.29, 0.717) is 25.1 Å². The number of hydrogen-bond donors (Lipinski definition) is 3. The first-order valence-electron chi connectivity index (χ1n) is 6.57. The molecule has 0 bridgehead atoms. The van der Waals surface area contributed by atoms with Crippen LogP contribution in [-0.4, -0.2) is 43.3 Å². The Morgan fingerprint density at radius 1 is 1.55 bits per heavy atom. The molecule has 6 heteroatoms. The normalized spacial score (nSPS) is 29.9. The molecule has 1 aliphatic rings. The first-order chi connectivity index (χ1) is 9.55. The summed E-state index contributed by atoms with van der Waals surface area (Å²) in [5, 5.41) is 5.74. The van der Waals surface area contributed by atoms with E-state index in [1.165, 1.54) is 0 Å². The molecule has 0 saturated carbocycles. The lowest BCUT2D eigenvalue weighted by molar-refractivity contribution is 0.0263. The Kier molecular flexibility index (Phi) is 4.99. The highest BCUT2D eigenvalue weighted by Crippen LogP contribution is 2.23. The van der Waals surface area contributed by atoms with Crippen molar-refractivity contribution in [3.05, 3.63) is 35.9 Å². The SMILES string of the molecule is COC1CC(N)(CNC(=O)c2ccccc2)C(Cl)CN1. The number of benzene rings is 1. The Bertz CT molecular complexity index is 457. The largest absolute Gasteiger partial charge is 0.367 e. The highest BCUT2D eigenvalue weighted by molar-refractivity contribution is 6.21. The minimum atomic E-state index is -0.683. The van der Waals surface area contributed by atoms with Gasteiger partial charge in [-0.2, -0.15) is 0 Å². The van der Waals surface area contributed by atoms with Crippen LogP contribution in [0.25, 0.3) is 0 Å². The predicted molar refractivity (Wildman–Crippen MR) is 78.8 cm³/mol. The van der Waals surface area contributed by atoms with E-state index in [1.807, 2.05) is 18.2 Å². The summed E-state index contributed by atoms with van der Waals surface area (Å²) in [7, 11) is 1.62. The fourth-order valence-corrected chi connectivity index (χ4v) is 2.52. The zero-order chi connectivity index (χ0) is 14.6. The third-order valence-electron chi connectivity index (χ3n) is 3.61. The Morgan fingerprint density at radius 2 is 2.25 bits per heavy atom. The van der Waals surface area contributed by atoms with E-state index in [9.17, 15) is 4.79 Å². The van der Waals surface area contributed by atoms with E-state index in [1.54, 1.807) is 19.2 Å². The maximum absolute atomic E-state index is 12.0. The van der Waals surface area contributed by atoms with E-state index in [-0.39, 0.29) is 17.5 Å². The van der Waals surface area contributed by atoms with Gasteiger partial charge in [0.1, 0.15) is 6.23 Å². The molecule has 5 nitrogen and oxygen atoms in total. The molecule has 1 aromatic carbocycles. The number of halogens is 1. The van der Waals surface area contributed by atoms with Gasteiger partial charge in [0.15, 0.2) is 0 Å². The average molecular weight is 298 g/mol. The molecule has 20 heavy (non-hydrogen) atoms. The van der Waals surface area contributed by atoms with Crippen molar-refractivity contribution < 1.29 is 9.53 Å². The fourth-order valence-electron chi connectivity index (χ4n) is 2.27. The number of hydrogen-bond acceptors (Lipinski definition) is 4. The van der Waals surface area contributed by atoms with Crippen molar-refractivity contribution in [2.45, 2.75) is 23.6 Å². The summed E-state index contributed by atoms with van der Waals surface area (Å²) in [6.45, 7) is 0.869. The van der Waals surface area contributed by atoms with Gasteiger partial charge >= 0.3 is 0 Å². The number of piperidine rings is 1. The molecule has 1 amide bonds. The van der Waals surface area contributed by atoms with Crippen LogP contribution in [0.15, 0.2) is 30.3 Å². The molecule has 3 unspecified atom stereocenters. The number of carbonyl (C=O) groups excluding carboxylic acids is 1. The topological polar surface area (TPSA) is 76.4 Å². The molecular weight excluding hydrogens is 278 g/mol. The van der Waals surface area contributed by atoms with Gasteiger partial charge < -0.3 is 15.8 Å². The smallest absolute Gasteiger partial charge is 0.251 e. The lowest BCUT2D eigenvalue weighted by Crippen LogP contribution is -2.65. The van der Waals surface area contributed by atoms with Crippen LogP contribution in [0, 0.1) is 0 Å². The Labute approximate surface area is 123 Å². The maximum Gasteiger partial charge on any atom is 0.251 e. The molecule has 0 radical (unpaired) electrons. The standard InChI is InChI=1S/C14H20ClN3O2/c1-20-12-7-14(16,11(15)8-17-12)9-18-13(19)10-5-3-2-4-6-10/h2-6,11-12,17H,7-9,16H2,1H3,(H,18,19). The van der Waals surface area contributed by atoms with Gasteiger partial charge in [-0.3, -0.25) is 10.1 Å². The van der Waals surface area contributed by atoms with Crippen molar-refractivity contribution in [2.24, 2.45) is 5.73 Å². The van der Waals surface area contributed by atoms with E-state index >= 15 is 0 Å². The number of amides is 1. The molecule has 1 aromatic rings. The lowest BCUT2D eigenvalue weighted by atomic mass is 9.87. The molecule has 3 atom stereocenters. The van der Waals surface area contributed by atoms with E-state index in [0.717, 1.165) is 0 Å². The van der Waals surface area contributed by atoms with Gasteiger partial charge in [-0.25, -0.2) is 0 Å². The minimum Gasteiger partial charge on any atom is -0.367 e. The second-order valence-electron chi connectivity index (χ2n) is 5.09. The van der Waals surface area contributed by atoms with Crippen LogP contribution in [0.2, 0.25) is 0 Å². The Balaban J connectivity index is 1.96. The molecule has 110 valence electrons. The summed E-state index contributed by atoms with van der Waals surface area (Å²) >= 11 is 6.28. The molecule has 4 N–H and O–H groups in total. The zero-order valence-corrected chi connectivity index (χ0v) is 12.2. The monoisotopic (exact) mass is 297 g/mol. The first kappa shape index (κ1) is 15.3. The minimum absolute atomic E-state index is 0.136. The van der Waals surface area contributed by atoms with Crippen molar-refractivity contribution >= 4 is 17.5 Å². The zero-order valence-electron chi connectivity index (χ0n) is 11.4. The van der Waals surface area contributed by atoms with Gasteiger partial charge in [0.2, 0.25) is 0 Å². The number of nitrogens with one attached hydrogen (secondary N) is 2. The first-order valence-corrected chi connectivity index (χ1v) is 7.01. The molecule has 0 spiro atoms. The molecular formula is C14H20ClN3O2. The van der Waals surface area contributed by atoms with Gasteiger partial charge in [-0.15, -0.1) is 11.6 Å². The van der Waals surface area contributed by atoms with Gasteiger partial charge in [0.05, 0.1) is 10.9 Å². The third-order valence-corrected chi connectivity index (χ3v) is 4.20. The quantitative estimate of drug-likeness (QED) is 0.715. The van der Waals surface area contributed by atoms with Crippen molar-refractivity contribution in [3.8, 4) is 0 Å². The number of nitrogens with two attached hydrogens (primary N) is 1. The second kappa shape index (κ2) is 6.54. The molecule has 1 aliphatic heterocycles. The summed E-state index contributed by atoms with van der Waals surface area (Å²) in [6, 6.07) is 9.03. The Morgan fingerprint density at radius 3 is 2.90 bits per heavy atom. The van der Waals surface area contributed by atoms with E-state index < -0.39 is 5.54 Å².